The first kappa shape index (κ1) is 20.6. The fourth-order valence-corrected chi connectivity index (χ4v) is 3.36. The summed E-state index contributed by atoms with van der Waals surface area (Å²) in [5.74, 6) is -1.06. The number of halogens is 6. The third kappa shape index (κ3) is 4.32. The van der Waals surface area contributed by atoms with Crippen molar-refractivity contribution in [3.05, 3.63) is 40.4 Å². The van der Waals surface area contributed by atoms with Crippen molar-refractivity contribution in [2.45, 2.75) is 19.0 Å². The molecule has 0 bridgehead atoms. The molecular weight excluding hydrogens is 408 g/mol. The summed E-state index contributed by atoms with van der Waals surface area (Å²) >= 11 is 5.03. The molecular formula is C16H18F6N5S+. The first-order valence-electron chi connectivity index (χ1n) is 8.43. The number of aromatic nitrogens is 3. The second-order valence-corrected chi connectivity index (χ2v) is 6.97. The third-order valence-electron chi connectivity index (χ3n) is 4.68. The van der Waals surface area contributed by atoms with Gasteiger partial charge in [-0.15, -0.1) is 5.10 Å². The third-order valence-corrected chi connectivity index (χ3v) is 5.16. The molecule has 0 spiro atoms. The molecule has 2 aromatic rings. The van der Waals surface area contributed by atoms with Gasteiger partial charge in [0.2, 0.25) is 10.6 Å². The zero-order valence-corrected chi connectivity index (χ0v) is 15.6. The SMILES string of the molecule is Cn1c(C(F)(F)F)nn(C[NH+]2CCN(c3cccc(C(F)(F)F)c3)CC2)c1=S. The lowest BCUT2D eigenvalue weighted by atomic mass is 10.1. The van der Waals surface area contributed by atoms with Crippen LogP contribution in [0.25, 0.3) is 0 Å². The van der Waals surface area contributed by atoms with Gasteiger partial charge in [-0.1, -0.05) is 6.07 Å². The Morgan fingerprint density at radius 2 is 1.71 bits per heavy atom. The van der Waals surface area contributed by atoms with E-state index in [1.807, 2.05) is 4.90 Å². The fourth-order valence-electron chi connectivity index (χ4n) is 3.17. The van der Waals surface area contributed by atoms with Gasteiger partial charge in [-0.05, 0) is 30.4 Å². The molecule has 1 aliphatic rings. The van der Waals surface area contributed by atoms with Gasteiger partial charge >= 0.3 is 12.4 Å². The topological polar surface area (TPSA) is 30.4 Å². The van der Waals surface area contributed by atoms with Crippen LogP contribution in [0.1, 0.15) is 11.4 Å². The average molecular weight is 426 g/mol. The number of quaternary nitrogens is 1. The van der Waals surface area contributed by atoms with Gasteiger partial charge in [0.1, 0.15) is 0 Å². The van der Waals surface area contributed by atoms with Crippen LogP contribution < -0.4 is 9.80 Å². The van der Waals surface area contributed by atoms with Gasteiger partial charge in [0.05, 0.1) is 31.7 Å². The molecule has 0 atom stereocenters. The van der Waals surface area contributed by atoms with E-state index in [2.05, 4.69) is 5.10 Å². The highest BCUT2D eigenvalue weighted by molar-refractivity contribution is 7.71. The van der Waals surface area contributed by atoms with Gasteiger partial charge < -0.3 is 9.80 Å². The summed E-state index contributed by atoms with van der Waals surface area (Å²) in [6.07, 6.45) is -9.00. The molecule has 1 N–H and O–H groups in total. The summed E-state index contributed by atoms with van der Waals surface area (Å²) in [7, 11) is 1.22. The molecule has 0 amide bonds. The van der Waals surface area contributed by atoms with Crippen molar-refractivity contribution < 1.29 is 31.2 Å². The molecule has 12 heteroatoms. The van der Waals surface area contributed by atoms with Crippen LogP contribution in [0, 0.1) is 4.77 Å². The summed E-state index contributed by atoms with van der Waals surface area (Å²) < 4.78 is 79.4. The number of rotatable bonds is 3. The molecule has 0 unspecified atom stereocenters. The summed E-state index contributed by atoms with van der Waals surface area (Å²) in [5, 5.41) is 3.58. The first-order valence-corrected chi connectivity index (χ1v) is 8.84. The minimum atomic E-state index is -4.59. The molecule has 0 radical (unpaired) electrons. The Morgan fingerprint density at radius 1 is 1.07 bits per heavy atom. The standard InChI is InChI=1S/C16H17F6N5S/c1-24-13(16(20,21)22)23-27(14(24)28)10-25-5-7-26(8-6-25)12-4-2-3-11(9-12)15(17,18)19/h2-4,9H,5-8,10H2,1H3/p+1. The molecule has 1 fully saturated rings. The van der Waals surface area contributed by atoms with Crippen molar-refractivity contribution in [1.29, 1.82) is 0 Å². The highest BCUT2D eigenvalue weighted by Crippen LogP contribution is 2.31. The Hall–Kier alpha value is -2.08. The van der Waals surface area contributed by atoms with Crippen molar-refractivity contribution in [1.82, 2.24) is 14.3 Å². The number of hydrogen-bond donors (Lipinski definition) is 1. The van der Waals surface area contributed by atoms with Gasteiger partial charge in [0, 0.05) is 12.7 Å². The number of hydrogen-bond acceptors (Lipinski definition) is 3. The highest BCUT2D eigenvalue weighted by atomic mass is 32.1. The van der Waals surface area contributed by atoms with Gasteiger partial charge in [0.15, 0.2) is 6.67 Å². The number of nitrogens with zero attached hydrogens (tertiary/aromatic N) is 4. The zero-order chi connectivity index (χ0) is 20.7. The second-order valence-electron chi connectivity index (χ2n) is 6.61. The summed E-state index contributed by atoms with van der Waals surface area (Å²) in [6.45, 7) is 2.19. The lowest BCUT2D eigenvalue weighted by Crippen LogP contribution is -3.14. The van der Waals surface area contributed by atoms with Crippen LogP contribution in [-0.2, 0) is 26.1 Å². The highest BCUT2D eigenvalue weighted by Gasteiger charge is 2.38. The van der Waals surface area contributed by atoms with E-state index >= 15 is 0 Å². The van der Waals surface area contributed by atoms with Crippen molar-refractivity contribution in [2.24, 2.45) is 7.05 Å². The van der Waals surface area contributed by atoms with Gasteiger partial charge in [0.25, 0.3) is 0 Å². The minimum absolute atomic E-state index is 0.0277. The van der Waals surface area contributed by atoms with Crippen molar-refractivity contribution >= 4 is 17.9 Å². The lowest BCUT2D eigenvalue weighted by Gasteiger charge is -2.33. The number of anilines is 1. The van der Waals surface area contributed by atoms with E-state index in [9.17, 15) is 26.3 Å². The molecule has 1 aromatic heterocycles. The monoisotopic (exact) mass is 426 g/mol. The largest absolute Gasteiger partial charge is 0.451 e. The molecule has 154 valence electrons. The normalized spacial score (nSPS) is 16.6. The molecule has 5 nitrogen and oxygen atoms in total. The molecule has 1 aliphatic heterocycles. The number of benzene rings is 1. The molecule has 28 heavy (non-hydrogen) atoms. The maximum atomic E-state index is 12.9. The second kappa shape index (κ2) is 7.39. The first-order chi connectivity index (χ1) is 13.0. The zero-order valence-electron chi connectivity index (χ0n) is 14.8. The van der Waals surface area contributed by atoms with E-state index in [4.69, 9.17) is 12.2 Å². The van der Waals surface area contributed by atoms with Crippen molar-refractivity contribution in [3.63, 3.8) is 0 Å². The minimum Gasteiger partial charge on any atom is -0.360 e. The molecule has 3 rings (SSSR count). The molecule has 1 aromatic carbocycles. The lowest BCUT2D eigenvalue weighted by molar-refractivity contribution is -0.924. The molecule has 2 heterocycles. The quantitative estimate of drug-likeness (QED) is 0.604. The van der Waals surface area contributed by atoms with Gasteiger partial charge in [-0.2, -0.15) is 31.0 Å². The number of nitrogens with one attached hydrogen (secondary N) is 1. The van der Waals surface area contributed by atoms with Crippen LogP contribution in [0.2, 0.25) is 0 Å². The Bertz CT molecular complexity index is 892. The number of piperazine rings is 1. The fraction of sp³-hybridized carbons (Fsp3) is 0.500. The maximum Gasteiger partial charge on any atom is 0.451 e. The Morgan fingerprint density at radius 3 is 2.25 bits per heavy atom. The summed E-state index contributed by atoms with van der Waals surface area (Å²) in [5.41, 5.74) is -0.234. The Labute approximate surface area is 161 Å². The summed E-state index contributed by atoms with van der Waals surface area (Å²) in [6, 6.07) is 5.11. The van der Waals surface area contributed by atoms with E-state index in [0.717, 1.165) is 26.3 Å². The van der Waals surface area contributed by atoms with Crippen LogP contribution in [0.3, 0.4) is 0 Å². The van der Waals surface area contributed by atoms with E-state index in [-0.39, 0.29) is 11.4 Å². The Kier molecular flexibility index (Phi) is 5.45. The van der Waals surface area contributed by atoms with Crippen LogP contribution in [0.4, 0.5) is 32.0 Å². The van der Waals surface area contributed by atoms with E-state index < -0.39 is 23.7 Å². The van der Waals surface area contributed by atoms with Gasteiger partial charge in [-0.3, -0.25) is 4.57 Å². The molecule has 0 aliphatic carbocycles. The van der Waals surface area contributed by atoms with E-state index in [1.165, 1.54) is 13.1 Å². The predicted molar refractivity (Wildman–Crippen MR) is 91.4 cm³/mol. The summed E-state index contributed by atoms with van der Waals surface area (Å²) in [4.78, 5) is 2.78. The molecule has 1 saturated heterocycles. The van der Waals surface area contributed by atoms with Crippen molar-refractivity contribution in [3.8, 4) is 0 Å². The van der Waals surface area contributed by atoms with Crippen LogP contribution >= 0.6 is 12.2 Å². The van der Waals surface area contributed by atoms with E-state index in [1.54, 1.807) is 6.07 Å². The van der Waals surface area contributed by atoms with Crippen LogP contribution in [0.15, 0.2) is 24.3 Å². The van der Waals surface area contributed by atoms with Crippen LogP contribution in [0.5, 0.6) is 0 Å². The smallest absolute Gasteiger partial charge is 0.360 e. The maximum absolute atomic E-state index is 12.9. The van der Waals surface area contributed by atoms with Crippen LogP contribution in [-0.4, -0.2) is 40.5 Å². The van der Waals surface area contributed by atoms with Crippen molar-refractivity contribution in [2.75, 3.05) is 31.1 Å². The number of alkyl halides is 6. The van der Waals surface area contributed by atoms with E-state index in [0.29, 0.717) is 31.9 Å². The van der Waals surface area contributed by atoms with Gasteiger partial charge in [-0.25, -0.2) is 0 Å². The Balaban J connectivity index is 1.66. The molecule has 0 saturated carbocycles. The average Bonchev–Trinajstić information content (AvgIpc) is 2.90. The predicted octanol–water partition coefficient (Wildman–Crippen LogP) is 2.35.